The van der Waals surface area contributed by atoms with E-state index in [9.17, 15) is 0 Å². The highest BCUT2D eigenvalue weighted by atomic mass is 15.3. The maximum absolute atomic E-state index is 4.48. The van der Waals surface area contributed by atoms with E-state index < -0.39 is 0 Å². The zero-order valence-corrected chi connectivity index (χ0v) is 13.7. The SMILES string of the molecule is C[C@H]1CN(C)CCN1c1ccc(-c2cnc3[nH]ccc3c2)cc1. The van der Waals surface area contributed by atoms with Crippen LogP contribution in [0.3, 0.4) is 0 Å². The minimum atomic E-state index is 0.553. The summed E-state index contributed by atoms with van der Waals surface area (Å²) >= 11 is 0. The minimum Gasteiger partial charge on any atom is -0.366 e. The van der Waals surface area contributed by atoms with Crippen molar-refractivity contribution in [1.82, 2.24) is 14.9 Å². The van der Waals surface area contributed by atoms with Crippen molar-refractivity contribution in [2.45, 2.75) is 13.0 Å². The topological polar surface area (TPSA) is 35.2 Å². The fraction of sp³-hybridized carbons (Fsp3) is 0.316. The fourth-order valence-electron chi connectivity index (χ4n) is 3.47. The number of rotatable bonds is 2. The molecule has 0 aliphatic carbocycles. The molecule has 0 radical (unpaired) electrons. The average molecular weight is 306 g/mol. The number of nitrogens with one attached hydrogen (secondary N) is 1. The van der Waals surface area contributed by atoms with E-state index in [1.807, 2.05) is 12.4 Å². The molecule has 4 rings (SSSR count). The summed E-state index contributed by atoms with van der Waals surface area (Å²) in [5.41, 5.74) is 4.63. The predicted molar refractivity (Wildman–Crippen MR) is 95.8 cm³/mol. The van der Waals surface area contributed by atoms with Gasteiger partial charge in [0.15, 0.2) is 0 Å². The molecule has 1 aliphatic heterocycles. The molecule has 1 N–H and O–H groups in total. The van der Waals surface area contributed by atoms with Crippen molar-refractivity contribution in [3.8, 4) is 11.1 Å². The van der Waals surface area contributed by atoms with Gasteiger partial charge in [0.05, 0.1) is 0 Å². The highest BCUT2D eigenvalue weighted by Gasteiger charge is 2.21. The van der Waals surface area contributed by atoms with Gasteiger partial charge in [-0.1, -0.05) is 12.1 Å². The molecule has 2 aromatic heterocycles. The summed E-state index contributed by atoms with van der Waals surface area (Å²) < 4.78 is 0. The van der Waals surface area contributed by atoms with E-state index in [0.29, 0.717) is 6.04 Å². The van der Waals surface area contributed by atoms with Crippen LogP contribution in [-0.2, 0) is 0 Å². The third-order valence-corrected chi connectivity index (χ3v) is 4.76. The number of aromatic nitrogens is 2. The number of likely N-dealkylation sites (N-methyl/N-ethyl adjacent to an activating group) is 1. The predicted octanol–water partition coefficient (Wildman–Crippen LogP) is 3.37. The van der Waals surface area contributed by atoms with Gasteiger partial charge in [0, 0.05) is 54.7 Å². The standard InChI is InChI=1S/C19H22N4/c1-14-13-22(2)9-10-23(14)18-5-3-15(4-6-18)17-11-16-7-8-20-19(16)21-12-17/h3-8,11-12,14H,9-10,13H2,1-2H3,(H,20,21)/t14-/m0/s1. The van der Waals surface area contributed by atoms with E-state index in [-0.39, 0.29) is 0 Å². The molecule has 0 spiro atoms. The Hall–Kier alpha value is -2.33. The Bertz CT molecular complexity index is 806. The number of benzene rings is 1. The number of hydrogen-bond donors (Lipinski definition) is 1. The van der Waals surface area contributed by atoms with Gasteiger partial charge in [-0.2, -0.15) is 0 Å². The Kier molecular flexibility index (Phi) is 3.54. The minimum absolute atomic E-state index is 0.553. The summed E-state index contributed by atoms with van der Waals surface area (Å²) in [6.45, 7) is 5.64. The first-order chi connectivity index (χ1) is 11.2. The van der Waals surface area contributed by atoms with Gasteiger partial charge in [0.25, 0.3) is 0 Å². The zero-order chi connectivity index (χ0) is 15.8. The van der Waals surface area contributed by atoms with E-state index in [0.717, 1.165) is 36.2 Å². The molecule has 1 fully saturated rings. The number of pyridine rings is 1. The van der Waals surface area contributed by atoms with Crippen LogP contribution < -0.4 is 4.90 Å². The van der Waals surface area contributed by atoms with Crippen LogP contribution in [-0.4, -0.2) is 47.6 Å². The fourth-order valence-corrected chi connectivity index (χ4v) is 3.47. The highest BCUT2D eigenvalue weighted by Crippen LogP contribution is 2.26. The molecule has 3 aromatic rings. The molecule has 1 aromatic carbocycles. The lowest BCUT2D eigenvalue weighted by molar-refractivity contribution is 0.275. The Morgan fingerprint density at radius 3 is 2.70 bits per heavy atom. The van der Waals surface area contributed by atoms with Crippen molar-refractivity contribution in [3.63, 3.8) is 0 Å². The van der Waals surface area contributed by atoms with Crippen LogP contribution in [0, 0.1) is 0 Å². The summed E-state index contributed by atoms with van der Waals surface area (Å²) in [4.78, 5) is 12.5. The van der Waals surface area contributed by atoms with Crippen molar-refractivity contribution in [3.05, 3.63) is 48.8 Å². The van der Waals surface area contributed by atoms with E-state index in [1.54, 1.807) is 0 Å². The van der Waals surface area contributed by atoms with Gasteiger partial charge in [-0.25, -0.2) is 4.98 Å². The lowest BCUT2D eigenvalue weighted by Gasteiger charge is -2.39. The normalized spacial score (nSPS) is 19.4. The third-order valence-electron chi connectivity index (χ3n) is 4.76. The van der Waals surface area contributed by atoms with Crippen LogP contribution >= 0.6 is 0 Å². The second-order valence-corrected chi connectivity index (χ2v) is 6.49. The summed E-state index contributed by atoms with van der Waals surface area (Å²) in [5, 5.41) is 1.15. The molecule has 23 heavy (non-hydrogen) atoms. The van der Waals surface area contributed by atoms with Crippen molar-refractivity contribution < 1.29 is 0 Å². The first kappa shape index (κ1) is 14.3. The van der Waals surface area contributed by atoms with Gasteiger partial charge in [0.1, 0.15) is 5.65 Å². The lowest BCUT2D eigenvalue weighted by Crippen LogP contribution is -2.50. The third kappa shape index (κ3) is 2.70. The zero-order valence-electron chi connectivity index (χ0n) is 13.7. The van der Waals surface area contributed by atoms with Gasteiger partial charge in [-0.15, -0.1) is 0 Å². The maximum Gasteiger partial charge on any atom is 0.137 e. The summed E-state index contributed by atoms with van der Waals surface area (Å²) in [6.07, 6.45) is 3.87. The van der Waals surface area contributed by atoms with Gasteiger partial charge in [-0.05, 0) is 43.8 Å². The van der Waals surface area contributed by atoms with Crippen LogP contribution in [0.2, 0.25) is 0 Å². The molecule has 1 saturated heterocycles. The van der Waals surface area contributed by atoms with E-state index in [1.165, 1.54) is 11.3 Å². The van der Waals surface area contributed by atoms with Crippen LogP contribution in [0.15, 0.2) is 48.8 Å². The van der Waals surface area contributed by atoms with Crippen LogP contribution in [0.1, 0.15) is 6.92 Å². The number of hydrogen-bond acceptors (Lipinski definition) is 3. The molecule has 0 saturated carbocycles. The first-order valence-corrected chi connectivity index (χ1v) is 8.19. The molecule has 1 atom stereocenters. The van der Waals surface area contributed by atoms with Gasteiger partial charge >= 0.3 is 0 Å². The summed E-state index contributed by atoms with van der Waals surface area (Å²) in [7, 11) is 2.20. The molecule has 3 heterocycles. The number of anilines is 1. The second kappa shape index (κ2) is 5.70. The van der Waals surface area contributed by atoms with Crippen molar-refractivity contribution in [2.75, 3.05) is 31.6 Å². The monoisotopic (exact) mass is 306 g/mol. The molecular weight excluding hydrogens is 284 g/mol. The number of nitrogens with zero attached hydrogens (tertiary/aromatic N) is 3. The van der Waals surface area contributed by atoms with Crippen molar-refractivity contribution >= 4 is 16.7 Å². The largest absolute Gasteiger partial charge is 0.366 e. The first-order valence-electron chi connectivity index (χ1n) is 8.19. The highest BCUT2D eigenvalue weighted by molar-refractivity contribution is 5.81. The van der Waals surface area contributed by atoms with E-state index in [4.69, 9.17) is 0 Å². The molecule has 0 bridgehead atoms. The molecular formula is C19H22N4. The molecule has 4 heteroatoms. The Labute approximate surface area is 136 Å². The molecule has 4 nitrogen and oxygen atoms in total. The van der Waals surface area contributed by atoms with E-state index >= 15 is 0 Å². The van der Waals surface area contributed by atoms with Crippen molar-refractivity contribution in [1.29, 1.82) is 0 Å². The number of aromatic amines is 1. The summed E-state index contributed by atoms with van der Waals surface area (Å²) in [5.74, 6) is 0. The Morgan fingerprint density at radius 1 is 1.09 bits per heavy atom. The molecule has 1 aliphatic rings. The maximum atomic E-state index is 4.48. The number of piperazine rings is 1. The quantitative estimate of drug-likeness (QED) is 0.788. The van der Waals surface area contributed by atoms with Crippen LogP contribution in [0.25, 0.3) is 22.2 Å². The second-order valence-electron chi connectivity index (χ2n) is 6.49. The van der Waals surface area contributed by atoms with Crippen LogP contribution in [0.4, 0.5) is 5.69 Å². The van der Waals surface area contributed by atoms with Gasteiger partial charge < -0.3 is 14.8 Å². The average Bonchev–Trinajstić information content (AvgIpc) is 3.03. The molecule has 0 amide bonds. The van der Waals surface area contributed by atoms with Crippen molar-refractivity contribution in [2.24, 2.45) is 0 Å². The van der Waals surface area contributed by atoms with Crippen LogP contribution in [0.5, 0.6) is 0 Å². The lowest BCUT2D eigenvalue weighted by atomic mass is 10.1. The Morgan fingerprint density at radius 2 is 1.91 bits per heavy atom. The molecule has 0 unspecified atom stereocenters. The number of H-pyrrole nitrogens is 1. The summed E-state index contributed by atoms with van der Waals surface area (Å²) in [6, 6.07) is 13.7. The smallest absolute Gasteiger partial charge is 0.137 e. The van der Waals surface area contributed by atoms with E-state index in [2.05, 4.69) is 70.1 Å². The van der Waals surface area contributed by atoms with Gasteiger partial charge in [0.2, 0.25) is 0 Å². The molecule has 118 valence electrons. The number of fused-ring (bicyclic) bond motifs is 1. The Balaban J connectivity index is 1.60. The van der Waals surface area contributed by atoms with Gasteiger partial charge in [-0.3, -0.25) is 0 Å².